The molecule has 116 valence electrons. The Labute approximate surface area is 132 Å². The van der Waals surface area contributed by atoms with Gasteiger partial charge in [0.1, 0.15) is 17.2 Å². The maximum atomic E-state index is 13.7. The van der Waals surface area contributed by atoms with Gasteiger partial charge in [-0.1, -0.05) is 18.9 Å². The van der Waals surface area contributed by atoms with Gasteiger partial charge in [-0.15, -0.1) is 0 Å². The van der Waals surface area contributed by atoms with Crippen LogP contribution in [-0.2, 0) is 5.41 Å². The lowest BCUT2D eigenvalue weighted by Gasteiger charge is -2.28. The van der Waals surface area contributed by atoms with Crippen molar-refractivity contribution in [1.82, 2.24) is 5.32 Å². The molecule has 1 aromatic heterocycles. The van der Waals surface area contributed by atoms with E-state index in [-0.39, 0.29) is 5.41 Å². The van der Waals surface area contributed by atoms with E-state index < -0.39 is 23.1 Å². The van der Waals surface area contributed by atoms with Gasteiger partial charge in [-0.3, -0.25) is 4.79 Å². The van der Waals surface area contributed by atoms with Crippen molar-refractivity contribution in [3.63, 3.8) is 0 Å². The molecule has 22 heavy (non-hydrogen) atoms. The minimum absolute atomic E-state index is 0.0998. The summed E-state index contributed by atoms with van der Waals surface area (Å²) in [6.45, 7) is 0.413. The number of nitrogens with one attached hydrogen (secondary N) is 1. The van der Waals surface area contributed by atoms with Gasteiger partial charge in [0.25, 0.3) is 5.91 Å². The van der Waals surface area contributed by atoms with Crippen molar-refractivity contribution in [3.8, 4) is 0 Å². The SMILES string of the molecule is O=C(NCC1(c2ccsc2)CCCC1)c1c(F)cccc1F. The predicted octanol–water partition coefficient (Wildman–Crippen LogP) is 4.27. The van der Waals surface area contributed by atoms with Crippen molar-refractivity contribution in [3.05, 3.63) is 57.8 Å². The van der Waals surface area contributed by atoms with Gasteiger partial charge >= 0.3 is 0 Å². The molecule has 1 saturated carbocycles. The average molecular weight is 321 g/mol. The third kappa shape index (κ3) is 2.77. The number of thiophene rings is 1. The highest BCUT2D eigenvalue weighted by Gasteiger charge is 2.36. The van der Waals surface area contributed by atoms with E-state index in [4.69, 9.17) is 0 Å². The van der Waals surface area contributed by atoms with E-state index in [1.807, 2.05) is 5.38 Å². The molecule has 0 aliphatic heterocycles. The third-order valence-corrected chi connectivity index (χ3v) is 5.15. The topological polar surface area (TPSA) is 29.1 Å². The fourth-order valence-electron chi connectivity index (χ4n) is 3.24. The second kappa shape index (κ2) is 6.16. The van der Waals surface area contributed by atoms with Crippen molar-refractivity contribution in [1.29, 1.82) is 0 Å². The summed E-state index contributed by atoms with van der Waals surface area (Å²) in [5.41, 5.74) is 0.613. The number of halogens is 2. The molecular weight excluding hydrogens is 304 g/mol. The van der Waals surface area contributed by atoms with Crippen molar-refractivity contribution in [2.45, 2.75) is 31.1 Å². The van der Waals surface area contributed by atoms with E-state index in [9.17, 15) is 13.6 Å². The minimum Gasteiger partial charge on any atom is -0.351 e. The van der Waals surface area contributed by atoms with Crippen LogP contribution >= 0.6 is 11.3 Å². The van der Waals surface area contributed by atoms with E-state index in [2.05, 4.69) is 16.8 Å². The second-order valence-electron chi connectivity index (χ2n) is 5.78. The normalized spacial score (nSPS) is 16.6. The highest BCUT2D eigenvalue weighted by molar-refractivity contribution is 7.08. The van der Waals surface area contributed by atoms with E-state index >= 15 is 0 Å². The Hall–Kier alpha value is -1.75. The van der Waals surface area contributed by atoms with Gasteiger partial charge < -0.3 is 5.32 Å². The summed E-state index contributed by atoms with van der Waals surface area (Å²) in [5.74, 6) is -2.33. The summed E-state index contributed by atoms with van der Waals surface area (Å²) in [6, 6.07) is 5.53. The third-order valence-electron chi connectivity index (χ3n) is 4.47. The van der Waals surface area contributed by atoms with Crippen LogP contribution in [0.5, 0.6) is 0 Å². The van der Waals surface area contributed by atoms with E-state index in [1.165, 1.54) is 11.6 Å². The van der Waals surface area contributed by atoms with Crippen LogP contribution in [0.3, 0.4) is 0 Å². The molecule has 0 bridgehead atoms. The number of rotatable bonds is 4. The van der Waals surface area contributed by atoms with Crippen molar-refractivity contribution in [2.24, 2.45) is 0 Å². The molecule has 0 saturated heterocycles. The van der Waals surface area contributed by atoms with E-state index in [0.29, 0.717) is 6.54 Å². The minimum atomic E-state index is -0.825. The number of hydrogen-bond donors (Lipinski definition) is 1. The predicted molar refractivity (Wildman–Crippen MR) is 83.2 cm³/mol. The van der Waals surface area contributed by atoms with Crippen LogP contribution < -0.4 is 5.32 Å². The summed E-state index contributed by atoms with van der Waals surface area (Å²) in [5, 5.41) is 6.86. The summed E-state index contributed by atoms with van der Waals surface area (Å²) in [7, 11) is 0. The highest BCUT2D eigenvalue weighted by atomic mass is 32.1. The molecule has 2 aromatic rings. The first-order chi connectivity index (χ1) is 10.6. The van der Waals surface area contributed by atoms with Crippen LogP contribution in [0.1, 0.15) is 41.6 Å². The Balaban J connectivity index is 1.77. The second-order valence-corrected chi connectivity index (χ2v) is 6.56. The summed E-state index contributed by atoms with van der Waals surface area (Å²) < 4.78 is 27.3. The lowest BCUT2D eigenvalue weighted by Crippen LogP contribution is -2.39. The molecule has 1 fully saturated rings. The van der Waals surface area contributed by atoms with Gasteiger partial charge in [0.05, 0.1) is 0 Å². The molecule has 0 spiro atoms. The number of carbonyl (C=O) groups is 1. The monoisotopic (exact) mass is 321 g/mol. The Morgan fingerprint density at radius 1 is 1.18 bits per heavy atom. The van der Waals surface area contributed by atoms with Crippen LogP contribution in [0.2, 0.25) is 0 Å². The molecule has 1 heterocycles. The maximum absolute atomic E-state index is 13.7. The van der Waals surface area contributed by atoms with Gasteiger partial charge in [-0.2, -0.15) is 11.3 Å². The summed E-state index contributed by atoms with van der Waals surface area (Å²) in [4.78, 5) is 12.2. The van der Waals surface area contributed by atoms with Crippen molar-refractivity contribution < 1.29 is 13.6 Å². The zero-order valence-electron chi connectivity index (χ0n) is 12.1. The van der Waals surface area contributed by atoms with Crippen molar-refractivity contribution >= 4 is 17.2 Å². The zero-order chi connectivity index (χ0) is 15.6. The molecule has 1 N–H and O–H groups in total. The summed E-state index contributed by atoms with van der Waals surface area (Å²) >= 11 is 1.63. The van der Waals surface area contributed by atoms with Gasteiger partial charge in [0.15, 0.2) is 0 Å². The molecule has 5 heteroatoms. The molecule has 1 amide bonds. The van der Waals surface area contributed by atoms with Crippen LogP contribution in [0.4, 0.5) is 8.78 Å². The average Bonchev–Trinajstić information content (AvgIpc) is 3.17. The smallest absolute Gasteiger partial charge is 0.257 e. The fourth-order valence-corrected chi connectivity index (χ4v) is 4.02. The van der Waals surface area contributed by atoms with Crippen LogP contribution in [0.25, 0.3) is 0 Å². The molecule has 3 rings (SSSR count). The molecule has 1 aliphatic carbocycles. The van der Waals surface area contributed by atoms with Gasteiger partial charge in [-0.25, -0.2) is 8.78 Å². The molecule has 0 radical (unpaired) electrons. The van der Waals surface area contributed by atoms with Crippen LogP contribution in [-0.4, -0.2) is 12.5 Å². The molecule has 2 nitrogen and oxygen atoms in total. The van der Waals surface area contributed by atoms with Gasteiger partial charge in [0, 0.05) is 12.0 Å². The first-order valence-corrected chi connectivity index (χ1v) is 8.32. The largest absolute Gasteiger partial charge is 0.351 e. The fraction of sp³-hybridized carbons (Fsp3) is 0.353. The number of carbonyl (C=O) groups excluding carboxylic acids is 1. The lowest BCUT2D eigenvalue weighted by molar-refractivity contribution is 0.0934. The lowest BCUT2D eigenvalue weighted by atomic mass is 9.80. The quantitative estimate of drug-likeness (QED) is 0.895. The number of amides is 1. The van der Waals surface area contributed by atoms with Crippen molar-refractivity contribution in [2.75, 3.05) is 6.54 Å². The molecular formula is C17H17F2NOS. The van der Waals surface area contributed by atoms with Gasteiger partial charge in [0.2, 0.25) is 0 Å². The number of benzene rings is 1. The standard InChI is InChI=1S/C17H17F2NOS/c18-13-4-3-5-14(19)15(13)16(21)20-11-17(7-1-2-8-17)12-6-9-22-10-12/h3-6,9-10H,1-2,7-8,11H2,(H,20,21). The van der Waals surface area contributed by atoms with E-state index in [0.717, 1.165) is 37.8 Å². The van der Waals surface area contributed by atoms with Crippen LogP contribution in [0.15, 0.2) is 35.0 Å². The zero-order valence-corrected chi connectivity index (χ0v) is 12.9. The Morgan fingerprint density at radius 3 is 2.45 bits per heavy atom. The molecule has 0 unspecified atom stereocenters. The maximum Gasteiger partial charge on any atom is 0.257 e. The number of hydrogen-bond acceptors (Lipinski definition) is 2. The first-order valence-electron chi connectivity index (χ1n) is 7.37. The Morgan fingerprint density at radius 2 is 1.86 bits per heavy atom. The summed E-state index contributed by atoms with van der Waals surface area (Å²) in [6.07, 6.45) is 4.20. The molecule has 1 aliphatic rings. The molecule has 1 aromatic carbocycles. The van der Waals surface area contributed by atoms with Gasteiger partial charge in [-0.05, 0) is 47.4 Å². The first kappa shape index (κ1) is 15.2. The van der Waals surface area contributed by atoms with E-state index in [1.54, 1.807) is 11.3 Å². The van der Waals surface area contributed by atoms with Crippen LogP contribution in [0, 0.1) is 11.6 Å². The Kier molecular flexibility index (Phi) is 4.25. The molecule has 0 atom stereocenters. The Bertz CT molecular complexity index is 643. The highest BCUT2D eigenvalue weighted by Crippen LogP contribution is 2.41.